The van der Waals surface area contributed by atoms with E-state index in [9.17, 15) is 4.79 Å². The molecule has 4 heteroatoms. The van der Waals surface area contributed by atoms with Crippen LogP contribution in [0.3, 0.4) is 0 Å². The minimum Gasteiger partial charge on any atom is -0.329 e. The maximum absolute atomic E-state index is 11.9. The van der Waals surface area contributed by atoms with E-state index in [4.69, 9.17) is 5.73 Å². The largest absolute Gasteiger partial charge is 0.329 e. The molecule has 0 aliphatic heterocycles. The first-order chi connectivity index (χ1) is 8.79. The highest BCUT2D eigenvalue weighted by Crippen LogP contribution is 2.24. The zero-order valence-electron chi connectivity index (χ0n) is 10.6. The van der Waals surface area contributed by atoms with Crippen LogP contribution in [-0.4, -0.2) is 36.5 Å². The van der Waals surface area contributed by atoms with E-state index in [1.165, 1.54) is 19.3 Å². The van der Waals surface area contributed by atoms with Crippen molar-refractivity contribution in [2.45, 2.75) is 25.3 Å². The number of carbonyl (C=O) groups excluding carboxylic acids is 1. The zero-order valence-corrected chi connectivity index (χ0v) is 10.6. The summed E-state index contributed by atoms with van der Waals surface area (Å²) in [5.41, 5.74) is 6.45. The molecule has 2 rings (SSSR count). The van der Waals surface area contributed by atoms with Crippen molar-refractivity contribution >= 4 is 11.6 Å². The Kier molecular flexibility index (Phi) is 4.73. The zero-order chi connectivity index (χ0) is 12.8. The van der Waals surface area contributed by atoms with Crippen molar-refractivity contribution in [2.24, 2.45) is 5.73 Å². The number of nitrogens with two attached hydrogens (primary N) is 1. The second kappa shape index (κ2) is 6.52. The fourth-order valence-corrected chi connectivity index (χ4v) is 2.21. The van der Waals surface area contributed by atoms with Gasteiger partial charge >= 0.3 is 0 Å². The highest BCUT2D eigenvalue weighted by atomic mass is 16.2. The Morgan fingerprint density at radius 2 is 2.06 bits per heavy atom. The van der Waals surface area contributed by atoms with Crippen LogP contribution in [0, 0.1) is 0 Å². The Labute approximate surface area is 108 Å². The number of nitrogens with zero attached hydrogens (tertiary/aromatic N) is 1. The van der Waals surface area contributed by atoms with Gasteiger partial charge in [-0.05, 0) is 25.0 Å². The van der Waals surface area contributed by atoms with Crippen LogP contribution < -0.4 is 11.1 Å². The van der Waals surface area contributed by atoms with E-state index in [0.717, 1.165) is 12.2 Å². The Bertz CT molecular complexity index is 376. The van der Waals surface area contributed by atoms with Gasteiger partial charge in [-0.2, -0.15) is 0 Å². The first kappa shape index (κ1) is 13.1. The van der Waals surface area contributed by atoms with Crippen LogP contribution >= 0.6 is 0 Å². The molecule has 0 heterocycles. The molecule has 4 nitrogen and oxygen atoms in total. The third-order valence-corrected chi connectivity index (χ3v) is 3.41. The number of rotatable bonds is 6. The maximum Gasteiger partial charge on any atom is 0.238 e. The molecule has 0 spiro atoms. The van der Waals surface area contributed by atoms with Crippen LogP contribution in [0.1, 0.15) is 19.3 Å². The van der Waals surface area contributed by atoms with Gasteiger partial charge in [0.25, 0.3) is 0 Å². The Morgan fingerprint density at radius 1 is 1.33 bits per heavy atom. The van der Waals surface area contributed by atoms with E-state index < -0.39 is 0 Å². The Hall–Kier alpha value is -1.39. The molecule has 0 atom stereocenters. The van der Waals surface area contributed by atoms with Gasteiger partial charge in [-0.25, -0.2) is 0 Å². The lowest BCUT2D eigenvalue weighted by Gasteiger charge is -2.36. The van der Waals surface area contributed by atoms with Gasteiger partial charge in [-0.15, -0.1) is 0 Å². The minimum absolute atomic E-state index is 0.0431. The first-order valence-electron chi connectivity index (χ1n) is 6.58. The second-order valence-electron chi connectivity index (χ2n) is 4.76. The summed E-state index contributed by atoms with van der Waals surface area (Å²) >= 11 is 0. The quantitative estimate of drug-likeness (QED) is 0.799. The van der Waals surface area contributed by atoms with E-state index in [-0.39, 0.29) is 5.91 Å². The lowest BCUT2D eigenvalue weighted by atomic mass is 9.91. The molecule has 98 valence electrons. The molecule has 0 saturated heterocycles. The summed E-state index contributed by atoms with van der Waals surface area (Å²) < 4.78 is 0. The summed E-state index contributed by atoms with van der Waals surface area (Å²) in [6, 6.07) is 10.1. The molecule has 1 aromatic rings. The molecular weight excluding hydrogens is 226 g/mol. The van der Waals surface area contributed by atoms with Crippen LogP contribution in [0.15, 0.2) is 30.3 Å². The number of hydrogen-bond donors (Lipinski definition) is 2. The van der Waals surface area contributed by atoms with Crippen LogP contribution in [0.2, 0.25) is 0 Å². The summed E-state index contributed by atoms with van der Waals surface area (Å²) in [5, 5.41) is 2.91. The molecule has 1 aliphatic carbocycles. The summed E-state index contributed by atoms with van der Waals surface area (Å²) in [5.74, 6) is 0.0431. The predicted octanol–water partition coefficient (Wildman–Crippen LogP) is 1.44. The van der Waals surface area contributed by atoms with E-state index in [1.807, 2.05) is 30.3 Å². The molecule has 1 amide bonds. The lowest BCUT2D eigenvalue weighted by Crippen LogP contribution is -2.46. The standard InChI is InChI=1S/C14H21N3O/c15-9-10-17(13-7-4-8-13)11-14(18)16-12-5-2-1-3-6-12/h1-3,5-6,13H,4,7-11,15H2,(H,16,18). The molecule has 0 radical (unpaired) electrons. The van der Waals surface area contributed by atoms with Gasteiger partial charge < -0.3 is 11.1 Å². The van der Waals surface area contributed by atoms with Crippen molar-refractivity contribution in [1.82, 2.24) is 4.90 Å². The van der Waals surface area contributed by atoms with Gasteiger partial charge in [-0.1, -0.05) is 24.6 Å². The molecule has 1 aliphatic rings. The maximum atomic E-state index is 11.9. The van der Waals surface area contributed by atoms with Gasteiger partial charge in [0.1, 0.15) is 0 Å². The number of benzene rings is 1. The van der Waals surface area contributed by atoms with Crippen molar-refractivity contribution in [2.75, 3.05) is 25.0 Å². The molecule has 1 fully saturated rings. The molecule has 1 saturated carbocycles. The minimum atomic E-state index is 0.0431. The van der Waals surface area contributed by atoms with Gasteiger partial charge in [0.2, 0.25) is 5.91 Å². The average molecular weight is 247 g/mol. The van der Waals surface area contributed by atoms with E-state index in [2.05, 4.69) is 10.2 Å². The third-order valence-electron chi connectivity index (χ3n) is 3.41. The first-order valence-corrected chi connectivity index (χ1v) is 6.58. The third kappa shape index (κ3) is 3.55. The number of para-hydroxylation sites is 1. The monoisotopic (exact) mass is 247 g/mol. The normalized spacial score (nSPS) is 15.4. The number of nitrogens with one attached hydrogen (secondary N) is 1. The van der Waals surface area contributed by atoms with Gasteiger partial charge in [0.05, 0.1) is 6.54 Å². The number of hydrogen-bond acceptors (Lipinski definition) is 3. The summed E-state index contributed by atoms with van der Waals surface area (Å²) in [6.45, 7) is 1.85. The predicted molar refractivity (Wildman–Crippen MR) is 73.3 cm³/mol. The van der Waals surface area contributed by atoms with Crippen LogP contribution in [0.25, 0.3) is 0 Å². The molecule has 0 bridgehead atoms. The molecular formula is C14H21N3O. The van der Waals surface area contributed by atoms with Crippen LogP contribution in [-0.2, 0) is 4.79 Å². The van der Waals surface area contributed by atoms with Crippen molar-refractivity contribution in [3.63, 3.8) is 0 Å². The van der Waals surface area contributed by atoms with Gasteiger partial charge in [0, 0.05) is 24.8 Å². The fraction of sp³-hybridized carbons (Fsp3) is 0.500. The summed E-state index contributed by atoms with van der Waals surface area (Å²) in [4.78, 5) is 14.1. The lowest BCUT2D eigenvalue weighted by molar-refractivity contribution is -0.118. The van der Waals surface area contributed by atoms with E-state index >= 15 is 0 Å². The topological polar surface area (TPSA) is 58.4 Å². The summed E-state index contributed by atoms with van der Waals surface area (Å²) in [7, 11) is 0. The van der Waals surface area contributed by atoms with E-state index in [0.29, 0.717) is 19.1 Å². The Balaban J connectivity index is 1.84. The molecule has 0 aromatic heterocycles. The van der Waals surface area contributed by atoms with Gasteiger partial charge in [0.15, 0.2) is 0 Å². The fourth-order valence-electron chi connectivity index (χ4n) is 2.21. The molecule has 18 heavy (non-hydrogen) atoms. The highest BCUT2D eigenvalue weighted by Gasteiger charge is 2.25. The second-order valence-corrected chi connectivity index (χ2v) is 4.76. The van der Waals surface area contributed by atoms with E-state index in [1.54, 1.807) is 0 Å². The van der Waals surface area contributed by atoms with Crippen LogP contribution in [0.5, 0.6) is 0 Å². The number of anilines is 1. The van der Waals surface area contributed by atoms with Crippen molar-refractivity contribution in [3.8, 4) is 0 Å². The average Bonchev–Trinajstić information content (AvgIpc) is 2.28. The van der Waals surface area contributed by atoms with Crippen molar-refractivity contribution in [1.29, 1.82) is 0 Å². The van der Waals surface area contributed by atoms with Gasteiger partial charge in [-0.3, -0.25) is 9.69 Å². The van der Waals surface area contributed by atoms with Crippen LogP contribution in [0.4, 0.5) is 5.69 Å². The van der Waals surface area contributed by atoms with Crippen molar-refractivity contribution < 1.29 is 4.79 Å². The molecule has 0 unspecified atom stereocenters. The van der Waals surface area contributed by atoms with Crippen molar-refractivity contribution in [3.05, 3.63) is 30.3 Å². The highest BCUT2D eigenvalue weighted by molar-refractivity contribution is 5.92. The SMILES string of the molecule is NCCN(CC(=O)Nc1ccccc1)C1CCC1. The smallest absolute Gasteiger partial charge is 0.238 e. The molecule has 1 aromatic carbocycles. The Morgan fingerprint density at radius 3 is 2.61 bits per heavy atom. The number of carbonyl (C=O) groups is 1. The molecule has 3 N–H and O–H groups in total. The summed E-state index contributed by atoms with van der Waals surface area (Å²) in [6.07, 6.45) is 3.66. The number of amides is 1.